The van der Waals surface area contributed by atoms with E-state index >= 15 is 0 Å². The second-order valence-corrected chi connectivity index (χ2v) is 13.4. The monoisotopic (exact) mass is 632 g/mol. The first-order valence-electron chi connectivity index (χ1n) is 14.3. The molecule has 2 heterocycles. The van der Waals surface area contributed by atoms with Crippen LogP contribution >= 0.6 is 0 Å². The van der Waals surface area contributed by atoms with Gasteiger partial charge in [0.1, 0.15) is 5.82 Å². The average Bonchev–Trinajstić information content (AvgIpc) is 3.00. The third kappa shape index (κ3) is 7.32. The summed E-state index contributed by atoms with van der Waals surface area (Å²) in [6.07, 6.45) is 2.71. The lowest BCUT2D eigenvalue weighted by atomic mass is 9.86. The SMILES string of the molecule is COc1c(NC(=O)C(=O)c2ccc(Nc3nccc(N4CCOCC4)n3)c3ccccc23)cc(C(C)(C)C)cc1NS(C)(=O)=O. The number of sulfonamides is 1. The molecule has 1 fully saturated rings. The van der Waals surface area contributed by atoms with Gasteiger partial charge < -0.3 is 25.0 Å². The lowest BCUT2D eigenvalue weighted by molar-refractivity contribution is -0.112. The van der Waals surface area contributed by atoms with Crippen LogP contribution in [0, 0.1) is 0 Å². The van der Waals surface area contributed by atoms with Crippen molar-refractivity contribution in [1.29, 1.82) is 0 Å². The number of fused-ring (bicyclic) bond motifs is 1. The summed E-state index contributed by atoms with van der Waals surface area (Å²) in [5, 5.41) is 7.17. The third-order valence-corrected chi connectivity index (χ3v) is 7.89. The van der Waals surface area contributed by atoms with E-state index in [9.17, 15) is 18.0 Å². The number of methoxy groups -OCH3 is 1. The number of Topliss-reactive ketones (excluding diaryl/α,β-unsaturated/α-hetero) is 1. The van der Waals surface area contributed by atoms with E-state index in [1.54, 1.807) is 42.6 Å². The Morgan fingerprint density at radius 2 is 1.64 bits per heavy atom. The number of carbonyl (C=O) groups is 2. The molecular weight excluding hydrogens is 596 g/mol. The maximum atomic E-state index is 13.6. The molecule has 0 atom stereocenters. The normalized spacial score (nSPS) is 13.8. The number of aromatic nitrogens is 2. The van der Waals surface area contributed by atoms with Crippen molar-refractivity contribution in [3.05, 3.63) is 71.9 Å². The lowest BCUT2D eigenvalue weighted by Gasteiger charge is -2.27. The highest BCUT2D eigenvalue weighted by Gasteiger charge is 2.25. The highest BCUT2D eigenvalue weighted by molar-refractivity contribution is 7.92. The van der Waals surface area contributed by atoms with Gasteiger partial charge in [-0.25, -0.2) is 13.4 Å². The Kier molecular flexibility index (Phi) is 8.94. The minimum atomic E-state index is -3.67. The smallest absolute Gasteiger partial charge is 0.296 e. The second kappa shape index (κ2) is 12.7. The number of morpholine rings is 1. The summed E-state index contributed by atoms with van der Waals surface area (Å²) in [7, 11) is -2.31. The van der Waals surface area contributed by atoms with Crippen LogP contribution in [0.15, 0.2) is 60.8 Å². The Bertz CT molecular complexity index is 1870. The van der Waals surface area contributed by atoms with Crippen LogP contribution in [0.2, 0.25) is 0 Å². The number of ketones is 1. The van der Waals surface area contributed by atoms with Crippen molar-refractivity contribution in [2.45, 2.75) is 26.2 Å². The first-order chi connectivity index (χ1) is 21.3. The van der Waals surface area contributed by atoms with Crippen LogP contribution in [0.1, 0.15) is 36.7 Å². The molecule has 0 unspecified atom stereocenters. The summed E-state index contributed by atoms with van der Waals surface area (Å²) in [5.74, 6) is -0.422. The van der Waals surface area contributed by atoms with Gasteiger partial charge in [0, 0.05) is 35.9 Å². The summed E-state index contributed by atoms with van der Waals surface area (Å²) in [6.45, 7) is 8.58. The molecule has 0 saturated carbocycles. The van der Waals surface area contributed by atoms with E-state index in [2.05, 4.69) is 30.2 Å². The first-order valence-corrected chi connectivity index (χ1v) is 16.2. The molecule has 1 aliphatic rings. The zero-order chi connectivity index (χ0) is 32.4. The quantitative estimate of drug-likeness (QED) is 0.175. The molecule has 5 rings (SSSR count). The summed E-state index contributed by atoms with van der Waals surface area (Å²) in [5.41, 5.74) is 1.48. The Hall–Kier alpha value is -4.75. The number of benzene rings is 3. The van der Waals surface area contributed by atoms with Crippen molar-refractivity contribution in [1.82, 2.24) is 9.97 Å². The van der Waals surface area contributed by atoms with Crippen LogP contribution in [0.4, 0.5) is 28.8 Å². The number of amides is 1. The molecule has 0 aliphatic carbocycles. The van der Waals surface area contributed by atoms with E-state index in [1.165, 1.54) is 7.11 Å². The van der Waals surface area contributed by atoms with Crippen LogP contribution in [-0.2, 0) is 25.0 Å². The van der Waals surface area contributed by atoms with Gasteiger partial charge in [0.25, 0.3) is 11.7 Å². The molecule has 0 spiro atoms. The Morgan fingerprint density at radius 3 is 2.31 bits per heavy atom. The molecule has 45 heavy (non-hydrogen) atoms. The molecule has 1 aromatic heterocycles. The number of hydrogen-bond donors (Lipinski definition) is 3. The van der Waals surface area contributed by atoms with Crippen molar-refractivity contribution in [3.8, 4) is 5.75 Å². The molecule has 13 heteroatoms. The predicted molar refractivity (Wildman–Crippen MR) is 175 cm³/mol. The molecule has 236 valence electrons. The number of nitrogens with one attached hydrogen (secondary N) is 3. The highest BCUT2D eigenvalue weighted by atomic mass is 32.2. The molecule has 0 radical (unpaired) electrons. The Morgan fingerprint density at radius 1 is 0.956 bits per heavy atom. The fourth-order valence-electron chi connectivity index (χ4n) is 5.06. The molecule has 3 N–H and O–H groups in total. The third-order valence-electron chi connectivity index (χ3n) is 7.30. The van der Waals surface area contributed by atoms with Crippen LogP contribution < -0.4 is 25.0 Å². The van der Waals surface area contributed by atoms with Crippen molar-refractivity contribution in [2.75, 3.05) is 59.9 Å². The summed E-state index contributed by atoms with van der Waals surface area (Å²) in [4.78, 5) is 38.2. The molecular formula is C32H36N6O6S. The van der Waals surface area contributed by atoms with Gasteiger partial charge in [-0.1, -0.05) is 45.0 Å². The van der Waals surface area contributed by atoms with Crippen LogP contribution in [0.3, 0.4) is 0 Å². The van der Waals surface area contributed by atoms with E-state index in [4.69, 9.17) is 9.47 Å². The van der Waals surface area contributed by atoms with Crippen molar-refractivity contribution >= 4 is 61.3 Å². The number of nitrogens with zero attached hydrogens (tertiary/aromatic N) is 3. The van der Waals surface area contributed by atoms with Gasteiger partial charge in [0.05, 0.1) is 38.0 Å². The van der Waals surface area contributed by atoms with Gasteiger partial charge in [-0.3, -0.25) is 14.3 Å². The van der Waals surface area contributed by atoms with Crippen molar-refractivity contribution in [3.63, 3.8) is 0 Å². The molecule has 4 aromatic rings. The van der Waals surface area contributed by atoms with Gasteiger partial charge in [-0.15, -0.1) is 0 Å². The Balaban J connectivity index is 1.45. The first kappa shape index (κ1) is 31.7. The zero-order valence-electron chi connectivity index (χ0n) is 25.8. The summed E-state index contributed by atoms with van der Waals surface area (Å²) < 4.78 is 37.5. The van der Waals surface area contributed by atoms with Gasteiger partial charge in [-0.2, -0.15) is 4.98 Å². The maximum Gasteiger partial charge on any atom is 0.296 e. The molecule has 1 saturated heterocycles. The lowest BCUT2D eigenvalue weighted by Crippen LogP contribution is -2.36. The van der Waals surface area contributed by atoms with Crippen LogP contribution in [0.25, 0.3) is 10.8 Å². The number of rotatable bonds is 9. The topological polar surface area (TPSA) is 152 Å². The fraction of sp³-hybridized carbons (Fsp3) is 0.312. The molecule has 0 bridgehead atoms. The van der Waals surface area contributed by atoms with E-state index < -0.39 is 27.1 Å². The molecule has 3 aromatic carbocycles. The van der Waals surface area contributed by atoms with Gasteiger partial charge >= 0.3 is 0 Å². The number of hydrogen-bond acceptors (Lipinski definition) is 10. The second-order valence-electron chi connectivity index (χ2n) is 11.7. The minimum absolute atomic E-state index is 0.0818. The van der Waals surface area contributed by atoms with E-state index in [-0.39, 0.29) is 22.7 Å². The number of carbonyl (C=O) groups excluding carboxylic acids is 2. The average molecular weight is 633 g/mol. The summed E-state index contributed by atoms with van der Waals surface area (Å²) >= 11 is 0. The fourth-order valence-corrected chi connectivity index (χ4v) is 5.61. The highest BCUT2D eigenvalue weighted by Crippen LogP contribution is 2.39. The van der Waals surface area contributed by atoms with Crippen LogP contribution in [-0.4, -0.2) is 69.7 Å². The maximum absolute atomic E-state index is 13.6. The van der Waals surface area contributed by atoms with Crippen molar-refractivity contribution in [2.24, 2.45) is 0 Å². The number of ether oxygens (including phenoxy) is 2. The molecule has 12 nitrogen and oxygen atoms in total. The van der Waals surface area contributed by atoms with Crippen molar-refractivity contribution < 1.29 is 27.5 Å². The number of anilines is 5. The summed E-state index contributed by atoms with van der Waals surface area (Å²) in [6, 6.07) is 15.7. The minimum Gasteiger partial charge on any atom is -0.492 e. The van der Waals surface area contributed by atoms with E-state index in [0.717, 1.165) is 30.7 Å². The standard InChI is InChI=1S/C32H36N6O6S/c1-32(2,3)20-18-25(29(43-4)26(19-20)37-45(5,41)42)34-30(40)28(39)23-10-11-24(22-9-7-6-8-21(22)23)35-31-33-13-12-27(36-31)38-14-16-44-17-15-38/h6-13,18-19,37H,14-17H2,1-5H3,(H,34,40)(H,33,35,36). The Labute approximate surface area is 262 Å². The van der Waals surface area contributed by atoms with Gasteiger partial charge in [0.2, 0.25) is 16.0 Å². The predicted octanol–water partition coefficient (Wildman–Crippen LogP) is 4.71. The largest absolute Gasteiger partial charge is 0.492 e. The van der Waals surface area contributed by atoms with Gasteiger partial charge in [0.15, 0.2) is 5.75 Å². The molecule has 1 aliphatic heterocycles. The van der Waals surface area contributed by atoms with E-state index in [0.29, 0.717) is 35.6 Å². The molecule has 1 amide bonds. The zero-order valence-corrected chi connectivity index (χ0v) is 26.6. The van der Waals surface area contributed by atoms with E-state index in [1.807, 2.05) is 39.0 Å². The van der Waals surface area contributed by atoms with Gasteiger partial charge in [-0.05, 0) is 46.7 Å². The van der Waals surface area contributed by atoms with Crippen LogP contribution in [0.5, 0.6) is 5.75 Å².